The molecule has 4 aliphatic rings. The van der Waals surface area contributed by atoms with Crippen molar-refractivity contribution in [2.24, 2.45) is 46.3 Å². The summed E-state index contributed by atoms with van der Waals surface area (Å²) in [5, 5.41) is 0. The van der Waals surface area contributed by atoms with Crippen LogP contribution in [0.1, 0.15) is 111 Å². The van der Waals surface area contributed by atoms with Crippen molar-refractivity contribution in [2.45, 2.75) is 111 Å². The summed E-state index contributed by atoms with van der Waals surface area (Å²) in [5.41, 5.74) is 3.40. The lowest BCUT2D eigenvalue weighted by Crippen LogP contribution is -2.51. The lowest BCUT2D eigenvalue weighted by molar-refractivity contribution is -0.145. The summed E-state index contributed by atoms with van der Waals surface area (Å²) in [4.78, 5) is 12.9. The highest BCUT2D eigenvalue weighted by atomic mass is 79.9. The van der Waals surface area contributed by atoms with Gasteiger partial charge in [-0.25, -0.2) is 4.79 Å². The predicted octanol–water partition coefficient (Wildman–Crippen LogP) is 10.4. The van der Waals surface area contributed by atoms with Gasteiger partial charge in [0.2, 0.25) is 0 Å². The van der Waals surface area contributed by atoms with E-state index in [1.54, 1.807) is 5.57 Å². The zero-order valence-corrected chi connectivity index (χ0v) is 26.6. The van der Waals surface area contributed by atoms with Crippen LogP contribution in [0.25, 0.3) is 6.08 Å². The average molecular weight is 596 g/mol. The van der Waals surface area contributed by atoms with Crippen LogP contribution in [-0.4, -0.2) is 12.1 Å². The standard InChI is InChI=1S/C36H51BrO2/c1-24(2)10-9-11-25(3)30-16-17-31-29-15-14-27-23-28(18-20-35(27,4)32(29)19-21-36(30,31)5)39-34(38)33(37)22-26-12-7-6-8-13-26/h6-8,12-14,22,24-25,28-32H,9-11,15-21,23H2,1-5H3/b33-22-. The van der Waals surface area contributed by atoms with Gasteiger partial charge in [0.05, 0.1) is 0 Å². The molecule has 0 spiro atoms. The number of hydrogen-bond acceptors (Lipinski definition) is 2. The van der Waals surface area contributed by atoms with Gasteiger partial charge in [-0.3, -0.25) is 0 Å². The monoisotopic (exact) mass is 594 g/mol. The molecule has 1 aromatic rings. The van der Waals surface area contributed by atoms with Gasteiger partial charge in [-0.05, 0) is 119 Å². The average Bonchev–Trinajstić information content (AvgIpc) is 3.26. The van der Waals surface area contributed by atoms with Crippen molar-refractivity contribution in [3.63, 3.8) is 0 Å². The van der Waals surface area contributed by atoms with Crippen molar-refractivity contribution < 1.29 is 9.53 Å². The molecule has 2 nitrogen and oxygen atoms in total. The molecule has 39 heavy (non-hydrogen) atoms. The molecule has 0 aliphatic heterocycles. The second-order valence-electron chi connectivity index (χ2n) is 14.5. The van der Waals surface area contributed by atoms with Gasteiger partial charge in [-0.2, -0.15) is 0 Å². The fraction of sp³-hybridized carbons (Fsp3) is 0.694. The van der Waals surface area contributed by atoms with Gasteiger partial charge in [0.25, 0.3) is 0 Å². The van der Waals surface area contributed by atoms with Gasteiger partial charge in [0.15, 0.2) is 0 Å². The van der Waals surface area contributed by atoms with E-state index in [9.17, 15) is 4.79 Å². The Kier molecular flexibility index (Phi) is 8.87. The normalized spacial score (nSPS) is 36.9. The molecule has 8 unspecified atom stereocenters. The molecule has 3 heteroatoms. The quantitative estimate of drug-likeness (QED) is 0.170. The number of ether oxygens (including phenoxy) is 1. The molecule has 214 valence electrons. The van der Waals surface area contributed by atoms with E-state index in [4.69, 9.17) is 4.74 Å². The summed E-state index contributed by atoms with van der Waals surface area (Å²) in [6, 6.07) is 9.95. The van der Waals surface area contributed by atoms with Crippen LogP contribution in [0.5, 0.6) is 0 Å². The Morgan fingerprint density at radius 3 is 2.54 bits per heavy atom. The van der Waals surface area contributed by atoms with E-state index in [1.165, 1.54) is 51.4 Å². The lowest BCUT2D eigenvalue weighted by Gasteiger charge is -2.58. The molecule has 0 heterocycles. The van der Waals surface area contributed by atoms with Gasteiger partial charge in [-0.15, -0.1) is 0 Å². The third-order valence-electron chi connectivity index (χ3n) is 11.8. The van der Waals surface area contributed by atoms with Crippen LogP contribution in [0, 0.1) is 46.3 Å². The molecule has 0 bridgehead atoms. The minimum Gasteiger partial charge on any atom is -0.458 e. The van der Waals surface area contributed by atoms with Crippen LogP contribution in [-0.2, 0) is 9.53 Å². The Labute approximate surface area is 246 Å². The number of hydrogen-bond donors (Lipinski definition) is 0. The minimum absolute atomic E-state index is 0.0125. The molecule has 0 aromatic heterocycles. The first-order chi connectivity index (χ1) is 18.6. The molecule has 0 saturated heterocycles. The van der Waals surface area contributed by atoms with Crippen molar-refractivity contribution in [1.82, 2.24) is 0 Å². The molecular weight excluding hydrogens is 544 g/mol. The first-order valence-corrected chi connectivity index (χ1v) is 16.7. The van der Waals surface area contributed by atoms with Crippen molar-refractivity contribution in [3.05, 3.63) is 52.0 Å². The zero-order valence-electron chi connectivity index (χ0n) is 25.1. The fourth-order valence-corrected chi connectivity index (χ4v) is 10.1. The van der Waals surface area contributed by atoms with Crippen LogP contribution in [0.3, 0.4) is 0 Å². The van der Waals surface area contributed by atoms with Gasteiger partial charge >= 0.3 is 5.97 Å². The summed E-state index contributed by atoms with van der Waals surface area (Å²) in [6.07, 6.45) is 18.6. The fourth-order valence-electron chi connectivity index (χ4n) is 9.71. The largest absolute Gasteiger partial charge is 0.458 e. The Bertz CT molecular complexity index is 1070. The highest BCUT2D eigenvalue weighted by molar-refractivity contribution is 9.12. The number of benzene rings is 1. The van der Waals surface area contributed by atoms with Gasteiger partial charge in [0.1, 0.15) is 10.6 Å². The number of halogens is 1. The zero-order chi connectivity index (χ0) is 27.8. The van der Waals surface area contributed by atoms with E-state index in [0.717, 1.165) is 60.3 Å². The van der Waals surface area contributed by atoms with Crippen molar-refractivity contribution in [1.29, 1.82) is 0 Å². The van der Waals surface area contributed by atoms with E-state index in [1.807, 2.05) is 36.4 Å². The molecule has 3 saturated carbocycles. The Balaban J connectivity index is 1.23. The van der Waals surface area contributed by atoms with Crippen molar-refractivity contribution >= 4 is 28.0 Å². The van der Waals surface area contributed by atoms with E-state index >= 15 is 0 Å². The van der Waals surface area contributed by atoms with Crippen LogP contribution >= 0.6 is 15.9 Å². The van der Waals surface area contributed by atoms with E-state index in [0.29, 0.717) is 9.90 Å². The topological polar surface area (TPSA) is 26.3 Å². The first kappa shape index (κ1) is 29.2. The summed E-state index contributed by atoms with van der Waals surface area (Å²) in [6.45, 7) is 12.5. The molecular formula is C36H51BrO2. The van der Waals surface area contributed by atoms with Gasteiger partial charge in [0, 0.05) is 6.42 Å². The summed E-state index contributed by atoms with van der Waals surface area (Å²) in [5.74, 6) is 4.88. The summed E-state index contributed by atoms with van der Waals surface area (Å²) >= 11 is 3.47. The Hall–Kier alpha value is -1.35. The summed E-state index contributed by atoms with van der Waals surface area (Å²) < 4.78 is 6.53. The number of carbonyl (C=O) groups excluding carboxylic acids is 1. The Morgan fingerprint density at radius 2 is 1.79 bits per heavy atom. The molecule has 4 aliphatic carbocycles. The molecule has 3 fully saturated rings. The lowest BCUT2D eigenvalue weighted by atomic mass is 9.47. The molecule has 5 rings (SSSR count). The Morgan fingerprint density at radius 1 is 1.03 bits per heavy atom. The van der Waals surface area contributed by atoms with Gasteiger partial charge in [-0.1, -0.05) is 95.9 Å². The van der Waals surface area contributed by atoms with Crippen molar-refractivity contribution in [3.8, 4) is 0 Å². The van der Waals surface area contributed by atoms with Crippen LogP contribution in [0.15, 0.2) is 46.5 Å². The smallest absolute Gasteiger partial charge is 0.345 e. The minimum atomic E-state index is -0.241. The maximum absolute atomic E-state index is 12.9. The number of fused-ring (bicyclic) bond motifs is 5. The van der Waals surface area contributed by atoms with Crippen LogP contribution in [0.4, 0.5) is 0 Å². The number of allylic oxidation sites excluding steroid dienone is 1. The highest BCUT2D eigenvalue weighted by Gasteiger charge is 2.59. The van der Waals surface area contributed by atoms with Crippen molar-refractivity contribution in [2.75, 3.05) is 0 Å². The second-order valence-corrected chi connectivity index (χ2v) is 15.3. The number of rotatable bonds is 8. The predicted molar refractivity (Wildman–Crippen MR) is 166 cm³/mol. The van der Waals surface area contributed by atoms with Crippen LogP contribution < -0.4 is 0 Å². The van der Waals surface area contributed by atoms with Gasteiger partial charge < -0.3 is 4.74 Å². The maximum Gasteiger partial charge on any atom is 0.345 e. The molecule has 0 N–H and O–H groups in total. The molecule has 1 aromatic carbocycles. The van der Waals surface area contributed by atoms with E-state index < -0.39 is 0 Å². The molecule has 0 amide bonds. The van der Waals surface area contributed by atoms with Crippen LogP contribution in [0.2, 0.25) is 0 Å². The molecule has 8 atom stereocenters. The third-order valence-corrected chi connectivity index (χ3v) is 12.4. The SMILES string of the molecule is CC(C)CCCC(C)C1CCC2C3CC=C4CC(OC(=O)/C(Br)=C/c5ccccc5)CCC4(C)C3CCC12C. The summed E-state index contributed by atoms with van der Waals surface area (Å²) in [7, 11) is 0. The number of esters is 1. The first-order valence-electron chi connectivity index (χ1n) is 15.9. The number of carbonyl (C=O) groups is 1. The third kappa shape index (κ3) is 5.86. The molecule has 0 radical (unpaired) electrons. The maximum atomic E-state index is 12.9. The van der Waals surface area contributed by atoms with E-state index in [-0.39, 0.29) is 17.5 Å². The van der Waals surface area contributed by atoms with E-state index in [2.05, 4.69) is 56.6 Å². The highest BCUT2D eigenvalue weighted by Crippen LogP contribution is 2.67. The second kappa shape index (κ2) is 11.9.